The Morgan fingerprint density at radius 1 is 1.31 bits per heavy atom. The Morgan fingerprint density at radius 3 is 3.06 bits per heavy atom. The minimum Gasteiger partial charge on any atom is -0.339 e. The van der Waals surface area contributed by atoms with E-state index >= 15 is 0 Å². The highest BCUT2D eigenvalue weighted by Gasteiger charge is 2.42. The molecule has 1 amide bonds. The number of aromatic nitrogens is 2. The molecule has 2 fully saturated rings. The summed E-state index contributed by atoms with van der Waals surface area (Å²) in [4.78, 5) is 22.4. The van der Waals surface area contributed by atoms with Gasteiger partial charge in [-0.1, -0.05) is 0 Å². The van der Waals surface area contributed by atoms with Crippen LogP contribution in [0.2, 0.25) is 0 Å². The number of carbonyl (C=O) groups excluding carboxylic acids is 1. The Bertz CT molecular complexity index is 393. The number of carbonyl (C=O) groups is 1. The first-order valence-electron chi connectivity index (χ1n) is 5.91. The molecule has 0 bridgehead atoms. The van der Waals surface area contributed by atoms with Gasteiger partial charge in [-0.2, -0.15) is 0 Å². The molecular formula is C12H15N3O. The minimum atomic E-state index is 0.265. The van der Waals surface area contributed by atoms with E-state index in [1.165, 1.54) is 6.42 Å². The van der Waals surface area contributed by atoms with Gasteiger partial charge < -0.3 is 4.90 Å². The molecule has 3 rings (SSSR count). The van der Waals surface area contributed by atoms with Crippen molar-refractivity contribution in [1.29, 1.82) is 0 Å². The fourth-order valence-corrected chi connectivity index (χ4v) is 2.93. The van der Waals surface area contributed by atoms with Crippen molar-refractivity contribution < 1.29 is 4.79 Å². The second-order valence-corrected chi connectivity index (χ2v) is 4.59. The molecule has 0 spiro atoms. The molecule has 0 aliphatic carbocycles. The molecule has 4 heteroatoms. The number of nitrogens with zero attached hydrogens (tertiary/aromatic N) is 3. The van der Waals surface area contributed by atoms with Gasteiger partial charge in [0.2, 0.25) is 5.91 Å². The SMILES string of the molecule is O=C1CC(c2cnccn2)C2CCCCN12. The van der Waals surface area contributed by atoms with Gasteiger partial charge in [-0.3, -0.25) is 14.8 Å². The van der Waals surface area contributed by atoms with Gasteiger partial charge in [0, 0.05) is 43.5 Å². The van der Waals surface area contributed by atoms with E-state index in [-0.39, 0.29) is 5.92 Å². The molecule has 2 saturated heterocycles. The molecular weight excluding hydrogens is 202 g/mol. The second kappa shape index (κ2) is 3.85. The molecule has 4 nitrogen and oxygen atoms in total. The summed E-state index contributed by atoms with van der Waals surface area (Å²) in [6.45, 7) is 0.931. The predicted octanol–water partition coefficient (Wildman–Crippen LogP) is 1.34. The third-order valence-electron chi connectivity index (χ3n) is 3.69. The van der Waals surface area contributed by atoms with E-state index in [0.29, 0.717) is 18.4 Å². The third-order valence-corrected chi connectivity index (χ3v) is 3.69. The topological polar surface area (TPSA) is 46.1 Å². The zero-order valence-corrected chi connectivity index (χ0v) is 9.17. The van der Waals surface area contributed by atoms with Crippen LogP contribution in [0.3, 0.4) is 0 Å². The molecule has 3 heterocycles. The molecule has 0 radical (unpaired) electrons. The lowest BCUT2D eigenvalue weighted by molar-refractivity contribution is -0.129. The molecule has 1 aromatic rings. The van der Waals surface area contributed by atoms with Gasteiger partial charge in [-0.05, 0) is 19.3 Å². The number of rotatable bonds is 1. The van der Waals surface area contributed by atoms with Crippen LogP contribution in [-0.2, 0) is 4.79 Å². The van der Waals surface area contributed by atoms with E-state index in [0.717, 1.165) is 25.1 Å². The monoisotopic (exact) mass is 217 g/mol. The fourth-order valence-electron chi connectivity index (χ4n) is 2.93. The van der Waals surface area contributed by atoms with Crippen LogP contribution in [0.5, 0.6) is 0 Å². The lowest BCUT2D eigenvalue weighted by atomic mass is 9.91. The lowest BCUT2D eigenvalue weighted by Crippen LogP contribution is -2.38. The van der Waals surface area contributed by atoms with E-state index in [1.54, 1.807) is 18.6 Å². The van der Waals surface area contributed by atoms with Crippen molar-refractivity contribution in [3.8, 4) is 0 Å². The Labute approximate surface area is 94.7 Å². The van der Waals surface area contributed by atoms with Crippen LogP contribution < -0.4 is 0 Å². The van der Waals surface area contributed by atoms with Crippen LogP contribution in [0.15, 0.2) is 18.6 Å². The van der Waals surface area contributed by atoms with Crippen LogP contribution in [-0.4, -0.2) is 33.4 Å². The highest BCUT2D eigenvalue weighted by atomic mass is 16.2. The average molecular weight is 217 g/mol. The summed E-state index contributed by atoms with van der Waals surface area (Å²) in [5.74, 6) is 0.557. The predicted molar refractivity (Wildman–Crippen MR) is 58.7 cm³/mol. The van der Waals surface area contributed by atoms with E-state index in [1.807, 2.05) is 4.90 Å². The smallest absolute Gasteiger partial charge is 0.223 e. The zero-order chi connectivity index (χ0) is 11.0. The molecule has 2 atom stereocenters. The van der Waals surface area contributed by atoms with Crippen molar-refractivity contribution in [3.63, 3.8) is 0 Å². The second-order valence-electron chi connectivity index (χ2n) is 4.59. The number of fused-ring (bicyclic) bond motifs is 1. The van der Waals surface area contributed by atoms with Gasteiger partial charge in [0.05, 0.1) is 5.69 Å². The Morgan fingerprint density at radius 2 is 2.25 bits per heavy atom. The van der Waals surface area contributed by atoms with Crippen LogP contribution in [0, 0.1) is 0 Å². The summed E-state index contributed by atoms with van der Waals surface area (Å²) in [6, 6.07) is 0.373. The minimum absolute atomic E-state index is 0.265. The Kier molecular flexibility index (Phi) is 2.35. The molecule has 84 valence electrons. The van der Waals surface area contributed by atoms with Crippen molar-refractivity contribution in [1.82, 2.24) is 14.9 Å². The maximum atomic E-state index is 11.9. The van der Waals surface area contributed by atoms with Crippen molar-refractivity contribution in [2.24, 2.45) is 0 Å². The number of amides is 1. The quantitative estimate of drug-likeness (QED) is 0.713. The van der Waals surface area contributed by atoms with Gasteiger partial charge in [0.25, 0.3) is 0 Å². The van der Waals surface area contributed by atoms with Gasteiger partial charge in [0.15, 0.2) is 0 Å². The number of hydrogen-bond acceptors (Lipinski definition) is 3. The molecule has 2 aliphatic rings. The van der Waals surface area contributed by atoms with E-state index in [2.05, 4.69) is 9.97 Å². The maximum Gasteiger partial charge on any atom is 0.223 e. The standard InChI is InChI=1S/C12H15N3O/c16-12-7-9(10-8-13-4-5-14-10)11-3-1-2-6-15(11)12/h4-5,8-9,11H,1-3,6-7H2. The highest BCUT2D eigenvalue weighted by molar-refractivity contribution is 5.80. The summed E-state index contributed by atoms with van der Waals surface area (Å²) in [6.07, 6.45) is 9.30. The van der Waals surface area contributed by atoms with E-state index in [4.69, 9.17) is 0 Å². The summed E-state index contributed by atoms with van der Waals surface area (Å²) < 4.78 is 0. The molecule has 1 aromatic heterocycles. The van der Waals surface area contributed by atoms with E-state index in [9.17, 15) is 4.79 Å². The van der Waals surface area contributed by atoms with Gasteiger partial charge in [-0.25, -0.2) is 0 Å². The fraction of sp³-hybridized carbons (Fsp3) is 0.583. The first kappa shape index (κ1) is 9.75. The van der Waals surface area contributed by atoms with Gasteiger partial charge in [-0.15, -0.1) is 0 Å². The van der Waals surface area contributed by atoms with E-state index < -0.39 is 0 Å². The Hall–Kier alpha value is -1.45. The number of piperidine rings is 1. The molecule has 2 aliphatic heterocycles. The van der Waals surface area contributed by atoms with Crippen molar-refractivity contribution in [3.05, 3.63) is 24.3 Å². The molecule has 0 aromatic carbocycles. The maximum absolute atomic E-state index is 11.9. The summed E-state index contributed by atoms with van der Waals surface area (Å²) in [7, 11) is 0. The van der Waals surface area contributed by atoms with Crippen LogP contribution >= 0.6 is 0 Å². The van der Waals surface area contributed by atoms with Gasteiger partial charge in [0.1, 0.15) is 0 Å². The van der Waals surface area contributed by atoms with Crippen molar-refractivity contribution in [2.45, 2.75) is 37.6 Å². The summed E-state index contributed by atoms with van der Waals surface area (Å²) >= 11 is 0. The Balaban J connectivity index is 1.89. The van der Waals surface area contributed by atoms with Crippen LogP contribution in [0.4, 0.5) is 0 Å². The zero-order valence-electron chi connectivity index (χ0n) is 9.17. The average Bonchev–Trinajstić information content (AvgIpc) is 2.69. The lowest BCUT2D eigenvalue weighted by Gasteiger charge is -2.32. The summed E-state index contributed by atoms with van der Waals surface area (Å²) in [5, 5.41) is 0. The van der Waals surface area contributed by atoms with Crippen molar-refractivity contribution >= 4 is 5.91 Å². The number of hydrogen-bond donors (Lipinski definition) is 0. The normalized spacial score (nSPS) is 29.2. The molecule has 2 unspecified atom stereocenters. The van der Waals surface area contributed by atoms with Crippen molar-refractivity contribution in [2.75, 3.05) is 6.54 Å². The first-order chi connectivity index (χ1) is 7.86. The van der Waals surface area contributed by atoms with Gasteiger partial charge >= 0.3 is 0 Å². The molecule has 16 heavy (non-hydrogen) atoms. The summed E-state index contributed by atoms with van der Waals surface area (Å²) in [5.41, 5.74) is 0.977. The first-order valence-corrected chi connectivity index (χ1v) is 5.91. The van der Waals surface area contributed by atoms with Crippen LogP contribution in [0.1, 0.15) is 37.3 Å². The third kappa shape index (κ3) is 1.49. The van der Waals surface area contributed by atoms with Crippen LogP contribution in [0.25, 0.3) is 0 Å². The molecule has 0 saturated carbocycles. The highest BCUT2D eigenvalue weighted by Crippen LogP contribution is 2.38. The molecule has 0 N–H and O–H groups in total. The largest absolute Gasteiger partial charge is 0.339 e.